The van der Waals surface area contributed by atoms with Gasteiger partial charge in [0.1, 0.15) is 12.4 Å². The maximum Gasteiger partial charge on any atom is 0.416 e. The predicted molar refractivity (Wildman–Crippen MR) is 117 cm³/mol. The number of rotatable bonds is 5. The van der Waals surface area contributed by atoms with E-state index in [1.165, 1.54) is 6.07 Å². The lowest BCUT2D eigenvalue weighted by atomic mass is 10.1. The highest BCUT2D eigenvalue weighted by atomic mass is 35.5. The quantitative estimate of drug-likeness (QED) is 0.346. The average Bonchev–Trinajstić information content (AvgIpc) is 2.73. The van der Waals surface area contributed by atoms with Gasteiger partial charge in [-0.2, -0.15) is 13.2 Å². The van der Waals surface area contributed by atoms with Crippen LogP contribution in [0.5, 0.6) is 5.75 Å². The van der Waals surface area contributed by atoms with Crippen molar-refractivity contribution in [2.75, 3.05) is 5.32 Å². The summed E-state index contributed by atoms with van der Waals surface area (Å²) < 4.78 is 44.9. The Bertz CT molecular complexity index is 1210. The molecule has 0 fully saturated rings. The second-order valence-corrected chi connectivity index (χ2v) is 7.54. The number of hydrogen-bond acceptors (Lipinski definition) is 3. The molecule has 0 atom stereocenters. The second kappa shape index (κ2) is 8.47. The molecule has 1 N–H and O–H groups in total. The SMILES string of the molecule is Cc1cc(Nc2ccc(OCc3ccc(Cl)cc3)cc2)c2ccc(C(F)(F)F)cc2n1. The van der Waals surface area contributed by atoms with Gasteiger partial charge in [-0.25, -0.2) is 0 Å². The van der Waals surface area contributed by atoms with Gasteiger partial charge in [0.2, 0.25) is 0 Å². The van der Waals surface area contributed by atoms with Crippen molar-refractivity contribution in [2.24, 2.45) is 0 Å². The summed E-state index contributed by atoms with van der Waals surface area (Å²) in [6, 6.07) is 20.2. The first-order valence-corrected chi connectivity index (χ1v) is 9.89. The van der Waals surface area contributed by atoms with E-state index in [4.69, 9.17) is 16.3 Å². The third-order valence-corrected chi connectivity index (χ3v) is 4.97. The second-order valence-electron chi connectivity index (χ2n) is 7.11. The minimum absolute atomic E-state index is 0.292. The number of benzene rings is 3. The van der Waals surface area contributed by atoms with Gasteiger partial charge < -0.3 is 10.1 Å². The van der Waals surface area contributed by atoms with Crippen molar-refractivity contribution in [2.45, 2.75) is 19.7 Å². The van der Waals surface area contributed by atoms with Crippen LogP contribution in [-0.4, -0.2) is 4.98 Å². The van der Waals surface area contributed by atoms with E-state index >= 15 is 0 Å². The van der Waals surface area contributed by atoms with Gasteiger partial charge in [0, 0.05) is 27.5 Å². The molecule has 1 heterocycles. The van der Waals surface area contributed by atoms with Crippen LogP contribution in [0.25, 0.3) is 10.9 Å². The fourth-order valence-corrected chi connectivity index (χ4v) is 3.30. The van der Waals surface area contributed by atoms with E-state index in [0.29, 0.717) is 39.7 Å². The molecule has 0 aliphatic heterocycles. The van der Waals surface area contributed by atoms with Gasteiger partial charge in [0.25, 0.3) is 0 Å². The fourth-order valence-electron chi connectivity index (χ4n) is 3.18. The number of nitrogens with one attached hydrogen (secondary N) is 1. The van der Waals surface area contributed by atoms with E-state index in [9.17, 15) is 13.2 Å². The Balaban J connectivity index is 1.51. The largest absolute Gasteiger partial charge is 0.489 e. The molecule has 1 aromatic heterocycles. The molecular formula is C24H18ClF3N2O. The lowest BCUT2D eigenvalue weighted by Crippen LogP contribution is -2.05. The van der Waals surface area contributed by atoms with Gasteiger partial charge in [-0.1, -0.05) is 29.8 Å². The van der Waals surface area contributed by atoms with Gasteiger partial charge in [-0.05, 0) is 67.1 Å². The summed E-state index contributed by atoms with van der Waals surface area (Å²) in [4.78, 5) is 4.26. The molecule has 3 aromatic carbocycles. The lowest BCUT2D eigenvalue weighted by molar-refractivity contribution is -0.137. The third-order valence-electron chi connectivity index (χ3n) is 4.72. The van der Waals surface area contributed by atoms with Crippen LogP contribution in [0.1, 0.15) is 16.8 Å². The van der Waals surface area contributed by atoms with Crippen LogP contribution in [0.4, 0.5) is 24.5 Å². The molecule has 0 aliphatic rings. The molecule has 0 radical (unpaired) electrons. The standard InChI is InChI=1S/C24H18ClF3N2O/c1-15-12-22(21-11-4-17(24(26,27)28)13-23(21)29-15)30-19-7-9-20(10-8-19)31-14-16-2-5-18(25)6-3-16/h2-13H,14H2,1H3,(H,29,30). The number of hydrogen-bond donors (Lipinski definition) is 1. The summed E-state index contributed by atoms with van der Waals surface area (Å²) in [7, 11) is 0. The Kier molecular flexibility index (Phi) is 5.74. The molecule has 0 aliphatic carbocycles. The van der Waals surface area contributed by atoms with Gasteiger partial charge in [0.05, 0.1) is 11.1 Å². The molecule has 7 heteroatoms. The molecule has 0 amide bonds. The molecule has 31 heavy (non-hydrogen) atoms. The van der Waals surface area contributed by atoms with E-state index in [1.807, 2.05) is 48.5 Å². The maximum atomic E-state index is 13.0. The van der Waals surface area contributed by atoms with Gasteiger partial charge in [-0.15, -0.1) is 0 Å². The van der Waals surface area contributed by atoms with Crippen LogP contribution < -0.4 is 10.1 Å². The number of alkyl halides is 3. The molecule has 0 saturated heterocycles. The van der Waals surface area contributed by atoms with Gasteiger partial charge in [0.15, 0.2) is 0 Å². The Hall–Kier alpha value is -3.25. The van der Waals surface area contributed by atoms with E-state index in [2.05, 4.69) is 10.3 Å². The summed E-state index contributed by atoms with van der Waals surface area (Å²) in [6.07, 6.45) is -4.41. The van der Waals surface area contributed by atoms with Crippen LogP contribution >= 0.6 is 11.6 Å². The van der Waals surface area contributed by atoms with Crippen molar-refractivity contribution >= 4 is 33.9 Å². The van der Waals surface area contributed by atoms with Crippen LogP contribution in [0.3, 0.4) is 0 Å². The maximum absolute atomic E-state index is 13.0. The Labute approximate surface area is 182 Å². The van der Waals surface area contributed by atoms with Crippen LogP contribution in [0, 0.1) is 6.92 Å². The Morgan fingerprint density at radius 2 is 1.65 bits per heavy atom. The minimum atomic E-state index is -4.41. The van der Waals surface area contributed by atoms with Crippen molar-refractivity contribution in [3.63, 3.8) is 0 Å². The topological polar surface area (TPSA) is 34.1 Å². The first-order chi connectivity index (χ1) is 14.8. The van der Waals surface area contributed by atoms with Crippen molar-refractivity contribution in [3.05, 3.63) is 94.6 Å². The van der Waals surface area contributed by atoms with Crippen molar-refractivity contribution < 1.29 is 17.9 Å². The summed E-state index contributed by atoms with van der Waals surface area (Å²) in [6.45, 7) is 2.16. The van der Waals surface area contributed by atoms with Gasteiger partial charge in [-0.3, -0.25) is 4.98 Å². The summed E-state index contributed by atoms with van der Waals surface area (Å²) in [5.41, 5.74) is 2.67. The lowest BCUT2D eigenvalue weighted by Gasteiger charge is -2.13. The first-order valence-electron chi connectivity index (χ1n) is 9.51. The van der Waals surface area contributed by atoms with E-state index < -0.39 is 11.7 Å². The number of aryl methyl sites for hydroxylation is 1. The van der Waals surface area contributed by atoms with Crippen LogP contribution in [0.15, 0.2) is 72.8 Å². The number of pyridine rings is 1. The van der Waals surface area contributed by atoms with Crippen molar-refractivity contribution in [1.29, 1.82) is 0 Å². The highest BCUT2D eigenvalue weighted by Gasteiger charge is 2.30. The van der Waals surface area contributed by atoms with Crippen LogP contribution in [-0.2, 0) is 12.8 Å². The summed E-state index contributed by atoms with van der Waals surface area (Å²) in [5, 5.41) is 4.55. The zero-order chi connectivity index (χ0) is 22.0. The number of nitrogens with zero attached hydrogens (tertiary/aromatic N) is 1. The number of aromatic nitrogens is 1. The highest BCUT2D eigenvalue weighted by molar-refractivity contribution is 6.30. The van der Waals surface area contributed by atoms with Crippen molar-refractivity contribution in [3.8, 4) is 5.75 Å². The molecule has 158 valence electrons. The average molecular weight is 443 g/mol. The summed E-state index contributed by atoms with van der Waals surface area (Å²) in [5.74, 6) is 0.700. The molecule has 0 spiro atoms. The van der Waals surface area contributed by atoms with Crippen molar-refractivity contribution in [1.82, 2.24) is 4.98 Å². The molecule has 4 rings (SSSR count). The summed E-state index contributed by atoms with van der Waals surface area (Å²) >= 11 is 5.88. The van der Waals surface area contributed by atoms with Gasteiger partial charge >= 0.3 is 6.18 Å². The first kappa shape index (κ1) is 21.0. The molecular weight excluding hydrogens is 425 g/mol. The molecule has 0 unspecified atom stereocenters. The molecule has 0 saturated carbocycles. The monoisotopic (exact) mass is 442 g/mol. The fraction of sp³-hybridized carbons (Fsp3) is 0.125. The zero-order valence-corrected chi connectivity index (χ0v) is 17.3. The van der Waals surface area contributed by atoms with E-state index in [-0.39, 0.29) is 0 Å². The predicted octanol–water partition coefficient (Wildman–Crippen LogP) is 7.54. The molecule has 0 bridgehead atoms. The number of halogens is 4. The third kappa shape index (κ3) is 5.09. The smallest absolute Gasteiger partial charge is 0.416 e. The zero-order valence-electron chi connectivity index (χ0n) is 16.5. The minimum Gasteiger partial charge on any atom is -0.489 e. The van der Waals surface area contributed by atoms with E-state index in [0.717, 1.165) is 23.4 Å². The van der Waals surface area contributed by atoms with E-state index in [1.54, 1.807) is 13.0 Å². The number of anilines is 2. The Morgan fingerprint density at radius 3 is 2.32 bits per heavy atom. The molecule has 4 aromatic rings. The molecule has 3 nitrogen and oxygen atoms in total. The van der Waals surface area contributed by atoms with Crippen LogP contribution in [0.2, 0.25) is 5.02 Å². The normalized spacial score (nSPS) is 11.5. The number of ether oxygens (including phenoxy) is 1. The Morgan fingerprint density at radius 1 is 0.935 bits per heavy atom. The number of fused-ring (bicyclic) bond motifs is 1. The highest BCUT2D eigenvalue weighted by Crippen LogP contribution is 2.34.